The number of rotatable bonds is 9. The number of carbonyl (C=O) groups excluding carboxylic acids is 1. The van der Waals surface area contributed by atoms with Crippen molar-refractivity contribution in [3.63, 3.8) is 0 Å². The minimum atomic E-state index is 0. The van der Waals surface area contributed by atoms with Crippen LogP contribution in [0.2, 0.25) is 0 Å². The van der Waals surface area contributed by atoms with Crippen molar-refractivity contribution in [3.05, 3.63) is 54.1 Å². The fourth-order valence-electron chi connectivity index (χ4n) is 3.98. The molecule has 0 aliphatic carbocycles. The molecule has 7 heteroatoms. The highest BCUT2D eigenvalue weighted by Gasteiger charge is 2.30. The predicted octanol–water partition coefficient (Wildman–Crippen LogP) is 4.92. The van der Waals surface area contributed by atoms with Crippen molar-refractivity contribution in [2.45, 2.75) is 20.3 Å². The van der Waals surface area contributed by atoms with Crippen LogP contribution in [0.15, 0.2) is 48.5 Å². The third-order valence-electron chi connectivity index (χ3n) is 5.66. The molecule has 31 heavy (non-hydrogen) atoms. The van der Waals surface area contributed by atoms with E-state index in [4.69, 9.17) is 0 Å². The van der Waals surface area contributed by atoms with Gasteiger partial charge in [0.15, 0.2) is 0 Å². The number of amides is 1. The van der Waals surface area contributed by atoms with Crippen LogP contribution in [0.3, 0.4) is 0 Å². The van der Waals surface area contributed by atoms with Crippen LogP contribution in [-0.2, 0) is 0 Å². The molecule has 0 unspecified atom stereocenters. The largest absolute Gasteiger partial charge is 0.338 e. The molecule has 5 nitrogen and oxygen atoms in total. The van der Waals surface area contributed by atoms with Gasteiger partial charge in [-0.1, -0.05) is 38.1 Å². The summed E-state index contributed by atoms with van der Waals surface area (Å²) in [5.41, 5.74) is 3.91. The van der Waals surface area contributed by atoms with E-state index in [0.717, 1.165) is 61.8 Å². The first-order valence-electron chi connectivity index (χ1n) is 10.7. The maximum absolute atomic E-state index is 13.5. The third-order valence-corrected chi connectivity index (χ3v) is 5.66. The summed E-state index contributed by atoms with van der Waals surface area (Å²) in [7, 11) is 4.14. The highest BCUT2D eigenvalue weighted by atomic mass is 35.5. The molecule has 0 bridgehead atoms. The average molecular weight is 467 g/mol. The van der Waals surface area contributed by atoms with Gasteiger partial charge in [-0.15, -0.1) is 24.8 Å². The molecule has 2 aromatic rings. The number of fused-ring (bicyclic) bond motifs is 2. The Hall–Kier alpha value is -1.79. The van der Waals surface area contributed by atoms with Crippen LogP contribution in [0.4, 0.5) is 17.1 Å². The molecule has 172 valence electrons. The van der Waals surface area contributed by atoms with E-state index in [2.05, 4.69) is 66.9 Å². The van der Waals surface area contributed by atoms with Gasteiger partial charge in [-0.3, -0.25) is 4.79 Å². The molecular formula is C24H36Cl2N4O. The first-order valence-corrected chi connectivity index (χ1v) is 10.7. The van der Waals surface area contributed by atoms with E-state index in [0.29, 0.717) is 6.54 Å². The fraction of sp³-hybridized carbons (Fsp3) is 0.458. The Kier molecular flexibility index (Phi) is 11.4. The van der Waals surface area contributed by atoms with Crippen LogP contribution in [0.25, 0.3) is 0 Å². The molecule has 1 amide bonds. The van der Waals surface area contributed by atoms with Crippen molar-refractivity contribution < 1.29 is 4.79 Å². The summed E-state index contributed by atoms with van der Waals surface area (Å²) >= 11 is 0. The Bertz CT molecular complexity index is 827. The first kappa shape index (κ1) is 27.2. The van der Waals surface area contributed by atoms with Crippen LogP contribution in [0, 0.1) is 0 Å². The van der Waals surface area contributed by atoms with Crippen LogP contribution in [-0.4, -0.2) is 69.1 Å². The zero-order chi connectivity index (χ0) is 20.8. The molecule has 0 saturated heterocycles. The number of halogens is 2. The summed E-state index contributed by atoms with van der Waals surface area (Å²) in [6.45, 7) is 9.95. The highest BCUT2D eigenvalue weighted by Crippen LogP contribution is 2.40. The summed E-state index contributed by atoms with van der Waals surface area (Å²) < 4.78 is 0. The van der Waals surface area contributed by atoms with Crippen LogP contribution in [0.1, 0.15) is 30.6 Å². The number of hydrogen-bond donors (Lipinski definition) is 0. The van der Waals surface area contributed by atoms with E-state index >= 15 is 0 Å². The summed E-state index contributed by atoms with van der Waals surface area (Å²) in [4.78, 5) is 22.4. The lowest BCUT2D eigenvalue weighted by atomic mass is 10.1. The van der Waals surface area contributed by atoms with E-state index in [-0.39, 0.29) is 30.7 Å². The van der Waals surface area contributed by atoms with Crippen molar-refractivity contribution in [2.24, 2.45) is 0 Å². The van der Waals surface area contributed by atoms with Gasteiger partial charge in [0.2, 0.25) is 0 Å². The van der Waals surface area contributed by atoms with Crippen molar-refractivity contribution in [3.8, 4) is 0 Å². The van der Waals surface area contributed by atoms with Crippen LogP contribution in [0.5, 0.6) is 0 Å². The zero-order valence-electron chi connectivity index (χ0n) is 19.1. The molecule has 0 atom stereocenters. The topological polar surface area (TPSA) is 30.0 Å². The van der Waals surface area contributed by atoms with Gasteiger partial charge < -0.3 is 19.6 Å². The van der Waals surface area contributed by atoms with Gasteiger partial charge in [-0.25, -0.2) is 0 Å². The van der Waals surface area contributed by atoms with E-state index in [1.165, 1.54) is 0 Å². The molecule has 2 aromatic carbocycles. The molecule has 1 aliphatic rings. The maximum atomic E-state index is 13.5. The number of para-hydroxylation sites is 3. The smallest absolute Gasteiger partial charge is 0.260 e. The molecule has 0 N–H and O–H groups in total. The molecule has 0 fully saturated rings. The van der Waals surface area contributed by atoms with E-state index in [1.807, 2.05) is 29.2 Å². The Morgan fingerprint density at radius 1 is 0.742 bits per heavy atom. The van der Waals surface area contributed by atoms with Gasteiger partial charge in [0.05, 0.1) is 22.6 Å². The Morgan fingerprint density at radius 2 is 1.29 bits per heavy atom. The number of benzene rings is 2. The van der Waals surface area contributed by atoms with Crippen molar-refractivity contribution in [2.75, 3.05) is 63.2 Å². The predicted molar refractivity (Wildman–Crippen MR) is 137 cm³/mol. The SMILES string of the molecule is CCN(CC)CCN1c2ccccc2C(=O)N(CCCN(C)C)c2ccccc21.Cl.Cl. The van der Waals surface area contributed by atoms with Gasteiger partial charge in [0.25, 0.3) is 5.91 Å². The lowest BCUT2D eigenvalue weighted by Crippen LogP contribution is -2.33. The van der Waals surface area contributed by atoms with E-state index in [1.54, 1.807) is 0 Å². The highest BCUT2D eigenvalue weighted by molar-refractivity contribution is 6.13. The van der Waals surface area contributed by atoms with E-state index < -0.39 is 0 Å². The van der Waals surface area contributed by atoms with Gasteiger partial charge in [-0.2, -0.15) is 0 Å². The minimum Gasteiger partial charge on any atom is -0.338 e. The Labute approximate surface area is 199 Å². The van der Waals surface area contributed by atoms with Gasteiger partial charge >= 0.3 is 0 Å². The molecule has 0 spiro atoms. The summed E-state index contributed by atoms with van der Waals surface area (Å²) in [5, 5.41) is 0. The lowest BCUT2D eigenvalue weighted by molar-refractivity contribution is 0.0987. The minimum absolute atomic E-state index is 0. The third kappa shape index (κ3) is 6.36. The lowest BCUT2D eigenvalue weighted by Gasteiger charge is -2.29. The Balaban J connectivity index is 0.00000240. The normalized spacial score (nSPS) is 12.8. The molecular weight excluding hydrogens is 431 g/mol. The Morgan fingerprint density at radius 3 is 1.87 bits per heavy atom. The molecule has 0 saturated carbocycles. The standard InChI is InChI=1S/C24H34N4O.2ClH/c1-5-26(6-2)18-19-27-21-13-8-7-12-20(21)24(29)28(17-11-16-25(3)4)23-15-10-9-14-22(23)27;;/h7-10,12-15H,5-6,11,16-19H2,1-4H3;2*1H. The molecule has 0 radical (unpaired) electrons. The number of carbonyl (C=O) groups is 1. The second-order valence-corrected chi connectivity index (χ2v) is 7.80. The van der Waals surface area contributed by atoms with Crippen molar-refractivity contribution in [1.82, 2.24) is 9.80 Å². The number of hydrogen-bond acceptors (Lipinski definition) is 4. The fourth-order valence-corrected chi connectivity index (χ4v) is 3.98. The van der Waals surface area contributed by atoms with Gasteiger partial charge in [0, 0.05) is 19.6 Å². The van der Waals surface area contributed by atoms with Crippen LogP contribution < -0.4 is 9.80 Å². The first-order chi connectivity index (χ1) is 14.1. The molecule has 1 aliphatic heterocycles. The average Bonchev–Trinajstić information content (AvgIpc) is 2.83. The van der Waals surface area contributed by atoms with Crippen molar-refractivity contribution >= 4 is 47.8 Å². The summed E-state index contributed by atoms with van der Waals surface area (Å²) in [6, 6.07) is 16.4. The maximum Gasteiger partial charge on any atom is 0.260 e. The van der Waals surface area contributed by atoms with E-state index in [9.17, 15) is 4.79 Å². The number of nitrogens with zero attached hydrogens (tertiary/aromatic N) is 4. The second kappa shape index (κ2) is 12.9. The van der Waals surface area contributed by atoms with Gasteiger partial charge in [-0.05, 0) is 64.4 Å². The monoisotopic (exact) mass is 466 g/mol. The summed E-state index contributed by atoms with van der Waals surface area (Å²) in [5.74, 6) is 0.0946. The van der Waals surface area contributed by atoms with Crippen molar-refractivity contribution in [1.29, 1.82) is 0 Å². The van der Waals surface area contributed by atoms with Crippen LogP contribution >= 0.6 is 24.8 Å². The van der Waals surface area contributed by atoms with Gasteiger partial charge in [0.1, 0.15) is 0 Å². The molecule has 0 aromatic heterocycles. The zero-order valence-corrected chi connectivity index (χ0v) is 20.7. The molecule has 3 rings (SSSR count). The summed E-state index contributed by atoms with van der Waals surface area (Å²) in [6.07, 6.45) is 0.939. The number of likely N-dealkylation sites (N-methyl/N-ethyl adjacent to an activating group) is 1. The number of anilines is 3. The second-order valence-electron chi connectivity index (χ2n) is 7.80. The quantitative estimate of drug-likeness (QED) is 0.524. The molecule has 1 heterocycles.